The van der Waals surface area contributed by atoms with Crippen molar-refractivity contribution in [2.75, 3.05) is 50.1 Å². The fourth-order valence-electron chi connectivity index (χ4n) is 4.60. The van der Waals surface area contributed by atoms with Crippen molar-refractivity contribution in [1.29, 1.82) is 0 Å². The van der Waals surface area contributed by atoms with Crippen LogP contribution in [0.1, 0.15) is 35.0 Å². The minimum atomic E-state index is -0.0125. The number of benzene rings is 2. The first kappa shape index (κ1) is 25.4. The van der Waals surface area contributed by atoms with Crippen molar-refractivity contribution in [2.24, 2.45) is 0 Å². The fraction of sp³-hybridized carbons (Fsp3) is 0.345. The topological polar surface area (TPSA) is 60.0 Å². The average molecular weight is 486 g/mol. The van der Waals surface area contributed by atoms with E-state index in [2.05, 4.69) is 9.88 Å². The van der Waals surface area contributed by atoms with Gasteiger partial charge in [-0.3, -0.25) is 19.5 Å². The molecule has 1 aliphatic heterocycles. The van der Waals surface area contributed by atoms with E-state index in [0.717, 1.165) is 42.1 Å². The molecule has 0 unspecified atom stereocenters. The number of fused-ring (bicyclic) bond motifs is 1. The molecule has 7 nitrogen and oxygen atoms in total. The van der Waals surface area contributed by atoms with Gasteiger partial charge in [-0.1, -0.05) is 24.3 Å². The number of pyridine rings is 1. The molecule has 0 saturated heterocycles. The minimum Gasteiger partial charge on any atom is -0.378 e. The third-order valence-corrected chi connectivity index (χ3v) is 6.60. The predicted octanol–water partition coefficient (Wildman–Crippen LogP) is 4.05. The molecule has 36 heavy (non-hydrogen) atoms. The van der Waals surface area contributed by atoms with Gasteiger partial charge in [-0.2, -0.15) is 0 Å². The van der Waals surface area contributed by atoms with Crippen LogP contribution in [0.15, 0.2) is 72.9 Å². The van der Waals surface area contributed by atoms with Crippen molar-refractivity contribution in [3.63, 3.8) is 0 Å². The highest BCUT2D eigenvalue weighted by Gasteiger charge is 2.23. The zero-order valence-electron chi connectivity index (χ0n) is 21.4. The summed E-state index contributed by atoms with van der Waals surface area (Å²) in [4.78, 5) is 38.9. The van der Waals surface area contributed by atoms with Crippen molar-refractivity contribution in [2.45, 2.75) is 26.4 Å². The van der Waals surface area contributed by atoms with Gasteiger partial charge in [0.2, 0.25) is 5.91 Å². The highest BCUT2D eigenvalue weighted by Crippen LogP contribution is 2.25. The van der Waals surface area contributed by atoms with Crippen molar-refractivity contribution in [3.8, 4) is 0 Å². The molecule has 0 atom stereocenters. The van der Waals surface area contributed by atoms with Gasteiger partial charge in [0.25, 0.3) is 5.91 Å². The molecule has 0 radical (unpaired) electrons. The van der Waals surface area contributed by atoms with E-state index in [1.807, 2.05) is 102 Å². The van der Waals surface area contributed by atoms with E-state index in [0.29, 0.717) is 31.7 Å². The van der Waals surface area contributed by atoms with Crippen LogP contribution >= 0.6 is 0 Å². The van der Waals surface area contributed by atoms with Crippen LogP contribution in [0, 0.1) is 0 Å². The number of rotatable bonds is 4. The normalized spacial score (nSPS) is 15.1. The summed E-state index contributed by atoms with van der Waals surface area (Å²) in [6.07, 6.45) is 2.64. The van der Waals surface area contributed by atoms with Crippen LogP contribution in [0.5, 0.6) is 0 Å². The highest BCUT2D eigenvalue weighted by atomic mass is 16.2. The first-order valence-corrected chi connectivity index (χ1v) is 12.5. The largest absolute Gasteiger partial charge is 0.378 e. The lowest BCUT2D eigenvalue weighted by atomic mass is 10.1. The Hall–Kier alpha value is -3.71. The summed E-state index contributed by atoms with van der Waals surface area (Å²) < 4.78 is 0. The number of para-hydroxylation sites is 1. The van der Waals surface area contributed by atoms with Gasteiger partial charge in [0, 0.05) is 83.4 Å². The van der Waals surface area contributed by atoms with Gasteiger partial charge in [-0.15, -0.1) is 0 Å². The first-order valence-electron chi connectivity index (χ1n) is 12.5. The van der Waals surface area contributed by atoms with Gasteiger partial charge in [-0.25, -0.2) is 0 Å². The summed E-state index contributed by atoms with van der Waals surface area (Å²) in [5.74, 6) is -0.00311. The maximum atomic E-state index is 13.7. The van der Waals surface area contributed by atoms with Gasteiger partial charge >= 0.3 is 0 Å². The minimum absolute atomic E-state index is 0.00937. The molecule has 1 aliphatic rings. The van der Waals surface area contributed by atoms with Gasteiger partial charge in [0.05, 0.1) is 5.69 Å². The first-order chi connectivity index (χ1) is 17.4. The Morgan fingerprint density at radius 2 is 1.64 bits per heavy atom. The molecule has 3 aromatic rings. The van der Waals surface area contributed by atoms with Crippen molar-refractivity contribution >= 4 is 23.2 Å². The molecule has 7 heteroatoms. The maximum Gasteiger partial charge on any atom is 0.254 e. The predicted molar refractivity (Wildman–Crippen MR) is 144 cm³/mol. The number of nitrogens with zero attached hydrogens (tertiary/aromatic N) is 5. The second kappa shape index (κ2) is 11.8. The Bertz CT molecular complexity index is 1160. The van der Waals surface area contributed by atoms with Crippen molar-refractivity contribution in [3.05, 3.63) is 89.7 Å². The molecule has 4 rings (SSSR count). The number of hydrogen-bond acceptors (Lipinski definition) is 5. The molecule has 2 heterocycles. The zero-order valence-corrected chi connectivity index (χ0v) is 21.4. The summed E-state index contributed by atoms with van der Waals surface area (Å²) in [5, 5.41) is 0. The number of hydrogen-bond donors (Lipinski definition) is 0. The summed E-state index contributed by atoms with van der Waals surface area (Å²) in [6, 6.07) is 21.6. The van der Waals surface area contributed by atoms with Crippen LogP contribution in [0.2, 0.25) is 0 Å². The van der Waals surface area contributed by atoms with E-state index in [1.165, 1.54) is 0 Å². The third kappa shape index (κ3) is 6.29. The molecule has 0 spiro atoms. The van der Waals surface area contributed by atoms with E-state index in [-0.39, 0.29) is 11.8 Å². The van der Waals surface area contributed by atoms with Gasteiger partial charge < -0.3 is 14.7 Å². The molecule has 0 fully saturated rings. The standard InChI is InChI=1S/C29H35N5O2/c1-23(35)34-18-8-17-32(22-26-10-6-7-16-30-26)19-20-33(21-25-9-4-5-11-28(25)34)29(36)24-12-14-27(15-13-24)31(2)3/h4-7,9-16H,8,17-22H2,1-3H3. The molecule has 2 aromatic carbocycles. The average Bonchev–Trinajstić information content (AvgIpc) is 2.92. The quantitative estimate of drug-likeness (QED) is 0.558. The molecule has 0 aliphatic carbocycles. The summed E-state index contributed by atoms with van der Waals surface area (Å²) in [6.45, 7) is 5.49. The second-order valence-electron chi connectivity index (χ2n) is 9.42. The fourth-order valence-corrected chi connectivity index (χ4v) is 4.60. The van der Waals surface area contributed by atoms with Crippen molar-refractivity contribution in [1.82, 2.24) is 14.8 Å². The zero-order chi connectivity index (χ0) is 25.5. The van der Waals surface area contributed by atoms with Crippen LogP contribution in [0.25, 0.3) is 0 Å². The van der Waals surface area contributed by atoms with Crippen LogP contribution in [0.4, 0.5) is 11.4 Å². The number of amides is 2. The lowest BCUT2D eigenvalue weighted by Gasteiger charge is -2.28. The van der Waals surface area contributed by atoms with Crippen LogP contribution in [0.3, 0.4) is 0 Å². The summed E-state index contributed by atoms with van der Waals surface area (Å²) >= 11 is 0. The van der Waals surface area contributed by atoms with E-state index in [9.17, 15) is 9.59 Å². The Labute approximate surface area is 214 Å². The summed E-state index contributed by atoms with van der Waals surface area (Å²) in [7, 11) is 3.97. The lowest BCUT2D eigenvalue weighted by Crippen LogP contribution is -2.38. The Morgan fingerprint density at radius 1 is 0.889 bits per heavy atom. The molecular weight excluding hydrogens is 450 g/mol. The third-order valence-electron chi connectivity index (χ3n) is 6.60. The van der Waals surface area contributed by atoms with E-state index >= 15 is 0 Å². The van der Waals surface area contributed by atoms with Gasteiger partial charge in [0.1, 0.15) is 0 Å². The number of carbonyl (C=O) groups excluding carboxylic acids is 2. The van der Waals surface area contributed by atoms with Crippen LogP contribution in [-0.2, 0) is 17.9 Å². The van der Waals surface area contributed by atoms with Crippen LogP contribution < -0.4 is 9.80 Å². The maximum absolute atomic E-state index is 13.7. The SMILES string of the molecule is CC(=O)N1CCCN(Cc2ccccn2)CCN(C(=O)c2ccc(N(C)C)cc2)Cc2ccccc21. The van der Waals surface area contributed by atoms with Crippen molar-refractivity contribution < 1.29 is 9.59 Å². The van der Waals surface area contributed by atoms with E-state index < -0.39 is 0 Å². The molecule has 188 valence electrons. The molecule has 0 N–H and O–H groups in total. The van der Waals surface area contributed by atoms with Gasteiger partial charge in [-0.05, 0) is 54.4 Å². The second-order valence-corrected chi connectivity index (χ2v) is 9.42. The number of carbonyl (C=O) groups is 2. The van der Waals surface area contributed by atoms with Gasteiger partial charge in [0.15, 0.2) is 0 Å². The van der Waals surface area contributed by atoms with E-state index in [4.69, 9.17) is 0 Å². The number of aromatic nitrogens is 1. The molecule has 0 saturated carbocycles. The molecule has 1 aromatic heterocycles. The molecular formula is C29H35N5O2. The summed E-state index contributed by atoms with van der Waals surface area (Å²) in [5.41, 5.74) is 4.56. The molecule has 2 amide bonds. The Balaban J connectivity index is 1.65. The molecule has 0 bridgehead atoms. The Morgan fingerprint density at radius 3 is 2.33 bits per heavy atom. The van der Waals surface area contributed by atoms with Crippen LogP contribution in [-0.4, -0.2) is 66.9 Å². The Kier molecular flexibility index (Phi) is 8.33. The van der Waals surface area contributed by atoms with E-state index in [1.54, 1.807) is 6.92 Å². The monoisotopic (exact) mass is 485 g/mol. The number of anilines is 2. The lowest BCUT2D eigenvalue weighted by molar-refractivity contribution is -0.116. The smallest absolute Gasteiger partial charge is 0.254 e. The highest BCUT2D eigenvalue weighted by molar-refractivity contribution is 5.95.